The van der Waals surface area contributed by atoms with Gasteiger partial charge in [0.05, 0.1) is 15.1 Å². The molecule has 0 saturated carbocycles. The fourth-order valence-electron chi connectivity index (χ4n) is 4.18. The first-order chi connectivity index (χ1) is 18.4. The van der Waals surface area contributed by atoms with Gasteiger partial charge in [-0.2, -0.15) is 4.98 Å². The Kier molecular flexibility index (Phi) is 10.2. The Balaban J connectivity index is 1.83. The third-order valence-corrected chi connectivity index (χ3v) is 7.96. The number of anilines is 2. The summed E-state index contributed by atoms with van der Waals surface area (Å²) in [6.07, 6.45) is 1.10. The quantitative estimate of drug-likeness (QED) is 0.332. The summed E-state index contributed by atoms with van der Waals surface area (Å²) >= 11 is 9.59. The van der Waals surface area contributed by atoms with Crippen molar-refractivity contribution >= 4 is 56.3 Å². The molecule has 9 nitrogen and oxygen atoms in total. The van der Waals surface area contributed by atoms with Gasteiger partial charge in [-0.05, 0) is 83.3 Å². The molecule has 0 atom stereocenters. The maximum atomic E-state index is 15.4. The second kappa shape index (κ2) is 12.5. The maximum Gasteiger partial charge on any atom is 0.410 e. The molecule has 1 amide bonds. The second-order valence-electron chi connectivity index (χ2n) is 12.7. The lowest BCUT2D eigenvalue weighted by atomic mass is 10.0. The first-order valence-corrected chi connectivity index (χ1v) is 14.8. The number of benzene rings is 1. The molecular weight excluding hydrogens is 603 g/mol. The van der Waals surface area contributed by atoms with Crippen molar-refractivity contribution in [2.45, 2.75) is 78.0 Å². The van der Waals surface area contributed by atoms with E-state index in [0.29, 0.717) is 62.9 Å². The van der Waals surface area contributed by atoms with E-state index in [1.807, 2.05) is 65.3 Å². The molecule has 40 heavy (non-hydrogen) atoms. The van der Waals surface area contributed by atoms with Crippen LogP contribution in [-0.4, -0.2) is 84.1 Å². The Morgan fingerprint density at radius 1 is 1.12 bits per heavy atom. The van der Waals surface area contributed by atoms with Crippen LogP contribution < -0.4 is 15.5 Å². The van der Waals surface area contributed by atoms with E-state index < -0.39 is 11.4 Å². The van der Waals surface area contributed by atoms with Crippen LogP contribution in [0.2, 0.25) is 5.02 Å². The molecule has 224 valence electrons. The molecule has 3 rings (SSSR count). The molecule has 1 aliphatic rings. The summed E-state index contributed by atoms with van der Waals surface area (Å²) in [7, 11) is 1.88. The minimum absolute atomic E-state index is 0.159. The molecule has 0 bridgehead atoms. The molecule has 1 aliphatic heterocycles. The van der Waals surface area contributed by atoms with Crippen molar-refractivity contribution in [3.63, 3.8) is 0 Å². The lowest BCUT2D eigenvalue weighted by Crippen LogP contribution is -2.50. The smallest absolute Gasteiger partial charge is 0.410 e. The van der Waals surface area contributed by atoms with Crippen LogP contribution in [0.3, 0.4) is 0 Å². The van der Waals surface area contributed by atoms with Gasteiger partial charge in [0.15, 0.2) is 5.82 Å². The van der Waals surface area contributed by atoms with E-state index in [4.69, 9.17) is 31.8 Å². The molecule has 0 radical (unpaired) electrons. The highest BCUT2D eigenvalue weighted by atomic mass is 79.9. The van der Waals surface area contributed by atoms with Crippen LogP contribution in [-0.2, 0) is 9.47 Å². The molecular formula is C28H43BrClFN6O3. The lowest BCUT2D eigenvalue weighted by molar-refractivity contribution is -0.0275. The zero-order valence-electron chi connectivity index (χ0n) is 24.9. The summed E-state index contributed by atoms with van der Waals surface area (Å²) in [6, 6.07) is 1.68. The van der Waals surface area contributed by atoms with E-state index in [2.05, 4.69) is 20.9 Å². The van der Waals surface area contributed by atoms with Gasteiger partial charge in [-0.15, -0.1) is 0 Å². The van der Waals surface area contributed by atoms with E-state index in [0.717, 1.165) is 6.42 Å². The first kappa shape index (κ1) is 32.6. The molecule has 2 heterocycles. The highest BCUT2D eigenvalue weighted by Crippen LogP contribution is 2.36. The first-order valence-electron chi connectivity index (χ1n) is 13.6. The predicted octanol–water partition coefficient (Wildman–Crippen LogP) is 5.99. The SMILES string of the molecule is CN(CCC(C)(C)OCCC(C)(C)N)c1nc(N2CCN(C(=O)OC(C)(C)C)CC2)c2cc(Cl)c(Br)c(F)c2n1. The Morgan fingerprint density at radius 2 is 1.75 bits per heavy atom. The van der Waals surface area contributed by atoms with Gasteiger partial charge in [-0.3, -0.25) is 0 Å². The topological polar surface area (TPSA) is 97.1 Å². The van der Waals surface area contributed by atoms with Gasteiger partial charge in [0.1, 0.15) is 16.9 Å². The van der Waals surface area contributed by atoms with Crippen LogP contribution in [0.1, 0.15) is 61.3 Å². The number of rotatable bonds is 9. The summed E-state index contributed by atoms with van der Waals surface area (Å²) < 4.78 is 27.2. The van der Waals surface area contributed by atoms with Crippen LogP contribution in [0.15, 0.2) is 10.5 Å². The van der Waals surface area contributed by atoms with Crippen molar-refractivity contribution in [1.82, 2.24) is 14.9 Å². The molecule has 2 N–H and O–H groups in total. The minimum Gasteiger partial charge on any atom is -0.444 e. The van der Waals surface area contributed by atoms with E-state index in [1.165, 1.54) is 0 Å². The second-order valence-corrected chi connectivity index (χ2v) is 13.9. The van der Waals surface area contributed by atoms with Crippen molar-refractivity contribution in [3.05, 3.63) is 21.4 Å². The summed E-state index contributed by atoms with van der Waals surface area (Å²) in [6.45, 7) is 16.6. The summed E-state index contributed by atoms with van der Waals surface area (Å²) in [4.78, 5) is 27.6. The number of nitrogens with two attached hydrogens (primary N) is 1. The Morgan fingerprint density at radius 3 is 2.33 bits per heavy atom. The number of hydrogen-bond donors (Lipinski definition) is 1. The van der Waals surface area contributed by atoms with Gasteiger partial charge in [-0.25, -0.2) is 14.2 Å². The number of aromatic nitrogens is 2. The summed E-state index contributed by atoms with van der Waals surface area (Å²) in [5.74, 6) is 0.426. The fraction of sp³-hybridized carbons (Fsp3) is 0.679. The fourth-order valence-corrected chi connectivity index (χ4v) is 4.68. The van der Waals surface area contributed by atoms with Crippen LogP contribution in [0, 0.1) is 5.82 Å². The number of ether oxygens (including phenoxy) is 2. The van der Waals surface area contributed by atoms with Gasteiger partial charge in [0, 0.05) is 57.3 Å². The van der Waals surface area contributed by atoms with Gasteiger partial charge < -0.3 is 29.9 Å². The number of fused-ring (bicyclic) bond motifs is 1. The third-order valence-electron chi connectivity index (χ3n) is 6.66. The van der Waals surface area contributed by atoms with Crippen molar-refractivity contribution in [3.8, 4) is 0 Å². The van der Waals surface area contributed by atoms with Crippen LogP contribution >= 0.6 is 27.5 Å². The number of halogens is 3. The van der Waals surface area contributed by atoms with Crippen molar-refractivity contribution in [2.75, 3.05) is 56.2 Å². The molecule has 0 spiro atoms. The highest BCUT2D eigenvalue weighted by Gasteiger charge is 2.29. The standard InChI is InChI=1S/C28H43BrClFN6O3/c1-26(2,3)40-25(38)37-14-12-36(13-15-37)23-18-17-19(30)20(29)21(31)22(18)33-24(34-23)35(8)11-9-28(6,7)39-16-10-27(4,5)32/h17H,9-16,32H2,1-8H3. The molecule has 1 aromatic carbocycles. The molecule has 1 saturated heterocycles. The van der Waals surface area contributed by atoms with E-state index >= 15 is 4.39 Å². The minimum atomic E-state index is -0.571. The third kappa shape index (κ3) is 8.77. The molecule has 12 heteroatoms. The molecule has 2 aromatic rings. The Hall–Kier alpha value is -1.95. The number of carbonyl (C=O) groups excluding carboxylic acids is 1. The Bertz CT molecular complexity index is 1210. The number of hydrogen-bond acceptors (Lipinski definition) is 8. The van der Waals surface area contributed by atoms with Crippen LogP contribution in [0.4, 0.5) is 21.0 Å². The summed E-state index contributed by atoms with van der Waals surface area (Å²) in [5.41, 5.74) is 5.01. The van der Waals surface area contributed by atoms with E-state index in [-0.39, 0.29) is 32.2 Å². The van der Waals surface area contributed by atoms with Gasteiger partial charge in [-0.1, -0.05) is 11.6 Å². The van der Waals surface area contributed by atoms with Gasteiger partial charge in [0.2, 0.25) is 5.95 Å². The van der Waals surface area contributed by atoms with E-state index in [9.17, 15) is 4.79 Å². The van der Waals surface area contributed by atoms with Crippen LogP contribution in [0.25, 0.3) is 10.9 Å². The zero-order chi connectivity index (χ0) is 30.0. The van der Waals surface area contributed by atoms with Crippen molar-refractivity contribution in [1.29, 1.82) is 0 Å². The van der Waals surface area contributed by atoms with Crippen LogP contribution in [0.5, 0.6) is 0 Å². The van der Waals surface area contributed by atoms with Crippen molar-refractivity contribution in [2.24, 2.45) is 5.73 Å². The largest absolute Gasteiger partial charge is 0.444 e. The number of nitrogens with zero attached hydrogens (tertiary/aromatic N) is 5. The predicted molar refractivity (Wildman–Crippen MR) is 163 cm³/mol. The maximum absolute atomic E-state index is 15.4. The molecule has 1 fully saturated rings. The highest BCUT2D eigenvalue weighted by molar-refractivity contribution is 9.10. The van der Waals surface area contributed by atoms with E-state index in [1.54, 1.807) is 11.0 Å². The summed E-state index contributed by atoms with van der Waals surface area (Å²) in [5, 5.41) is 0.754. The number of piperazine rings is 1. The van der Waals surface area contributed by atoms with Crippen molar-refractivity contribution < 1.29 is 18.7 Å². The lowest BCUT2D eigenvalue weighted by Gasteiger charge is -2.37. The number of carbonyl (C=O) groups is 1. The average Bonchev–Trinajstić information content (AvgIpc) is 2.83. The monoisotopic (exact) mass is 644 g/mol. The molecule has 0 aliphatic carbocycles. The van der Waals surface area contributed by atoms with Gasteiger partial charge in [0.25, 0.3) is 0 Å². The number of amides is 1. The Labute approximate surface area is 250 Å². The zero-order valence-corrected chi connectivity index (χ0v) is 27.2. The average molecular weight is 646 g/mol. The normalized spacial score (nSPS) is 15.1. The molecule has 1 aromatic heterocycles. The molecule has 0 unspecified atom stereocenters. The van der Waals surface area contributed by atoms with Gasteiger partial charge >= 0.3 is 6.09 Å².